The molecule has 0 atom stereocenters. The predicted octanol–water partition coefficient (Wildman–Crippen LogP) is 5.07. The minimum absolute atomic E-state index is 0.0161. The summed E-state index contributed by atoms with van der Waals surface area (Å²) in [5, 5.41) is 18.3. The first-order chi connectivity index (χ1) is 18.3. The van der Waals surface area contributed by atoms with E-state index in [0.717, 1.165) is 16.8 Å². The van der Waals surface area contributed by atoms with Crippen LogP contribution in [0.3, 0.4) is 0 Å². The third kappa shape index (κ3) is 5.86. The lowest BCUT2D eigenvalue weighted by atomic mass is 10.1. The van der Waals surface area contributed by atoms with Gasteiger partial charge in [0, 0.05) is 17.7 Å². The molecule has 0 aliphatic carbocycles. The monoisotopic (exact) mass is 514 g/mol. The van der Waals surface area contributed by atoms with Crippen LogP contribution in [0.15, 0.2) is 72.8 Å². The Morgan fingerprint density at radius 2 is 1.76 bits per heavy atom. The summed E-state index contributed by atoms with van der Waals surface area (Å²) in [5.41, 5.74) is 4.38. The van der Waals surface area contributed by atoms with Crippen molar-refractivity contribution >= 4 is 23.3 Å². The van der Waals surface area contributed by atoms with Crippen LogP contribution < -0.4 is 10.1 Å². The van der Waals surface area contributed by atoms with Gasteiger partial charge in [-0.05, 0) is 55.3 Å². The maximum atomic E-state index is 13.1. The van der Waals surface area contributed by atoms with Crippen LogP contribution in [0.4, 0.5) is 11.4 Å². The molecule has 0 fully saturated rings. The Hall–Kier alpha value is -4.99. The summed E-state index contributed by atoms with van der Waals surface area (Å²) in [6.45, 7) is 4.18. The van der Waals surface area contributed by atoms with Crippen molar-refractivity contribution in [2.75, 3.05) is 12.4 Å². The van der Waals surface area contributed by atoms with Gasteiger partial charge < -0.3 is 14.8 Å². The molecule has 10 heteroatoms. The molecule has 0 bridgehead atoms. The fourth-order valence-corrected chi connectivity index (χ4v) is 3.98. The molecule has 38 heavy (non-hydrogen) atoms. The lowest BCUT2D eigenvalue weighted by molar-refractivity contribution is -0.384. The molecular weight excluding hydrogens is 488 g/mol. The normalized spacial score (nSPS) is 10.6. The van der Waals surface area contributed by atoms with Gasteiger partial charge in [-0.25, -0.2) is 4.79 Å². The fourth-order valence-electron chi connectivity index (χ4n) is 3.98. The van der Waals surface area contributed by atoms with Gasteiger partial charge in [-0.1, -0.05) is 30.3 Å². The minimum atomic E-state index is -0.472. The summed E-state index contributed by atoms with van der Waals surface area (Å²) in [6.07, 6.45) is 0. The second-order valence-corrected chi connectivity index (χ2v) is 8.55. The van der Waals surface area contributed by atoms with Gasteiger partial charge in [0.05, 0.1) is 41.2 Å². The second kappa shape index (κ2) is 11.4. The zero-order chi connectivity index (χ0) is 27.2. The van der Waals surface area contributed by atoms with Crippen molar-refractivity contribution in [2.45, 2.75) is 27.0 Å². The number of nitrogens with zero attached hydrogens (tertiary/aromatic N) is 3. The van der Waals surface area contributed by atoms with Crippen molar-refractivity contribution < 1.29 is 24.0 Å². The molecule has 3 aromatic carbocycles. The smallest absolute Gasteiger partial charge is 0.338 e. The van der Waals surface area contributed by atoms with Crippen LogP contribution in [0.5, 0.6) is 5.75 Å². The number of nitro groups is 1. The summed E-state index contributed by atoms with van der Waals surface area (Å²) >= 11 is 0. The molecule has 0 aliphatic rings. The SMILES string of the molecule is COC(=O)c1ccccc1Cn1nc(C)c(NC(=O)c2cccc(COc3ccc([N+](=O)[O-])cc3)c2)c1C. The van der Waals surface area contributed by atoms with E-state index in [1.165, 1.54) is 31.4 Å². The number of aromatic nitrogens is 2. The molecule has 4 rings (SSSR count). The quantitative estimate of drug-likeness (QED) is 0.188. The van der Waals surface area contributed by atoms with E-state index in [4.69, 9.17) is 9.47 Å². The first kappa shape index (κ1) is 26.1. The number of anilines is 1. The zero-order valence-electron chi connectivity index (χ0n) is 21.1. The van der Waals surface area contributed by atoms with Crippen molar-refractivity contribution in [2.24, 2.45) is 0 Å². The number of hydrogen-bond acceptors (Lipinski definition) is 7. The van der Waals surface area contributed by atoms with Crippen LogP contribution in [-0.2, 0) is 17.9 Å². The van der Waals surface area contributed by atoms with Crippen LogP contribution in [0.2, 0.25) is 0 Å². The highest BCUT2D eigenvalue weighted by molar-refractivity contribution is 6.05. The summed E-state index contributed by atoms with van der Waals surface area (Å²) in [5.74, 6) is -0.242. The van der Waals surface area contributed by atoms with Crippen LogP contribution in [0.1, 0.15) is 43.2 Å². The summed E-state index contributed by atoms with van der Waals surface area (Å²) < 4.78 is 12.3. The van der Waals surface area contributed by atoms with E-state index in [9.17, 15) is 19.7 Å². The van der Waals surface area contributed by atoms with Crippen molar-refractivity contribution in [3.63, 3.8) is 0 Å². The summed E-state index contributed by atoms with van der Waals surface area (Å²) in [4.78, 5) is 35.5. The molecule has 1 N–H and O–H groups in total. The molecule has 0 unspecified atom stereocenters. The molecule has 1 aromatic heterocycles. The first-order valence-corrected chi connectivity index (χ1v) is 11.7. The van der Waals surface area contributed by atoms with Crippen molar-refractivity contribution in [1.82, 2.24) is 9.78 Å². The van der Waals surface area contributed by atoms with Crippen LogP contribution >= 0.6 is 0 Å². The average Bonchev–Trinajstić information content (AvgIpc) is 3.19. The number of carbonyl (C=O) groups excluding carboxylic acids is 2. The van der Waals surface area contributed by atoms with E-state index < -0.39 is 10.9 Å². The van der Waals surface area contributed by atoms with Crippen molar-refractivity contribution in [1.29, 1.82) is 0 Å². The number of aryl methyl sites for hydroxylation is 1. The highest BCUT2D eigenvalue weighted by Gasteiger charge is 2.18. The number of amides is 1. The highest BCUT2D eigenvalue weighted by Crippen LogP contribution is 2.23. The largest absolute Gasteiger partial charge is 0.489 e. The van der Waals surface area contributed by atoms with Gasteiger partial charge in [0.2, 0.25) is 0 Å². The molecule has 10 nitrogen and oxygen atoms in total. The number of hydrogen-bond donors (Lipinski definition) is 1. The van der Waals surface area contributed by atoms with E-state index in [1.54, 1.807) is 41.9 Å². The number of rotatable bonds is 9. The van der Waals surface area contributed by atoms with Gasteiger partial charge in [0.15, 0.2) is 0 Å². The maximum absolute atomic E-state index is 13.1. The number of carbonyl (C=O) groups is 2. The third-order valence-electron chi connectivity index (χ3n) is 6.01. The van der Waals surface area contributed by atoms with Crippen LogP contribution in [0.25, 0.3) is 0 Å². The van der Waals surface area contributed by atoms with E-state index >= 15 is 0 Å². The molecule has 1 heterocycles. The van der Waals surface area contributed by atoms with Gasteiger partial charge in [-0.15, -0.1) is 0 Å². The number of ether oxygens (including phenoxy) is 2. The minimum Gasteiger partial charge on any atom is -0.489 e. The average molecular weight is 515 g/mol. The molecule has 0 spiro atoms. The lowest BCUT2D eigenvalue weighted by Gasteiger charge is -2.11. The topological polar surface area (TPSA) is 126 Å². The number of benzene rings is 3. The first-order valence-electron chi connectivity index (χ1n) is 11.7. The van der Waals surface area contributed by atoms with E-state index in [-0.39, 0.29) is 18.2 Å². The van der Waals surface area contributed by atoms with Gasteiger partial charge in [0.25, 0.3) is 11.6 Å². The van der Waals surface area contributed by atoms with Crippen molar-refractivity contribution in [3.8, 4) is 5.75 Å². The standard InChI is InChI=1S/C28H26N4O6/c1-18-26(19(2)31(30-18)16-22-8-4-5-10-25(22)28(34)37-3)29-27(33)21-9-6-7-20(15-21)17-38-24-13-11-23(12-14-24)32(35)36/h4-15H,16-17H2,1-3H3,(H,29,33). The second-order valence-electron chi connectivity index (χ2n) is 8.55. The number of esters is 1. The Bertz CT molecular complexity index is 1490. The third-order valence-corrected chi connectivity index (χ3v) is 6.01. The summed E-state index contributed by atoms with van der Waals surface area (Å²) in [6, 6.07) is 20.0. The van der Waals surface area contributed by atoms with Gasteiger partial charge in [0.1, 0.15) is 12.4 Å². The number of methoxy groups -OCH3 is 1. The molecule has 1 amide bonds. The summed E-state index contributed by atoms with van der Waals surface area (Å²) in [7, 11) is 1.34. The molecule has 0 radical (unpaired) electrons. The Morgan fingerprint density at radius 3 is 2.47 bits per heavy atom. The molecule has 0 aliphatic heterocycles. The predicted molar refractivity (Wildman–Crippen MR) is 140 cm³/mol. The Morgan fingerprint density at radius 1 is 1.03 bits per heavy atom. The zero-order valence-corrected chi connectivity index (χ0v) is 21.1. The highest BCUT2D eigenvalue weighted by atomic mass is 16.6. The number of non-ortho nitro benzene ring substituents is 1. The molecular formula is C28H26N4O6. The van der Waals surface area contributed by atoms with Gasteiger partial charge in [-0.3, -0.25) is 19.6 Å². The molecule has 194 valence electrons. The van der Waals surface area contributed by atoms with Crippen molar-refractivity contribution in [3.05, 3.63) is 117 Å². The lowest BCUT2D eigenvalue weighted by Crippen LogP contribution is -2.14. The van der Waals surface area contributed by atoms with E-state index in [2.05, 4.69) is 10.4 Å². The van der Waals surface area contributed by atoms with E-state index in [0.29, 0.717) is 34.8 Å². The van der Waals surface area contributed by atoms with Gasteiger partial charge >= 0.3 is 5.97 Å². The Labute approximate surface area is 219 Å². The fraction of sp³-hybridized carbons (Fsp3) is 0.179. The molecule has 4 aromatic rings. The van der Waals surface area contributed by atoms with Crippen LogP contribution in [-0.4, -0.2) is 33.7 Å². The number of nitro benzene ring substituents is 1. The van der Waals surface area contributed by atoms with Crippen LogP contribution in [0, 0.1) is 24.0 Å². The maximum Gasteiger partial charge on any atom is 0.338 e. The number of nitrogens with one attached hydrogen (secondary N) is 1. The molecule has 0 saturated carbocycles. The Balaban J connectivity index is 1.46. The molecule has 0 saturated heterocycles. The van der Waals surface area contributed by atoms with Gasteiger partial charge in [-0.2, -0.15) is 5.10 Å². The Kier molecular flexibility index (Phi) is 7.81. The van der Waals surface area contributed by atoms with E-state index in [1.807, 2.05) is 25.1 Å².